The summed E-state index contributed by atoms with van der Waals surface area (Å²) in [4.78, 5) is 5.86. The zero-order valence-corrected chi connectivity index (χ0v) is 13.1. The third-order valence-corrected chi connectivity index (χ3v) is 4.27. The molecule has 0 bridgehead atoms. The quantitative estimate of drug-likeness (QED) is 0.802. The largest absolute Gasteiger partial charge is 0.356 e. The molecule has 2 heterocycles. The van der Waals surface area contributed by atoms with Crippen LogP contribution in [0.1, 0.15) is 30.3 Å². The lowest BCUT2D eigenvalue weighted by molar-refractivity contribution is 0.782. The van der Waals surface area contributed by atoms with Crippen molar-refractivity contribution < 1.29 is 0 Å². The van der Waals surface area contributed by atoms with E-state index in [0.717, 1.165) is 24.7 Å². The fraction of sp³-hybridized carbons (Fsp3) is 0.462. The van der Waals surface area contributed by atoms with Crippen LogP contribution < -0.4 is 5.32 Å². The average molecular weight is 328 g/mol. The minimum absolute atomic E-state index is 0.881. The molecule has 0 saturated carbocycles. The number of hydrogen-bond acceptors (Lipinski definition) is 3. The van der Waals surface area contributed by atoms with Gasteiger partial charge in [0.2, 0.25) is 5.95 Å². The van der Waals surface area contributed by atoms with Gasteiger partial charge in [0.15, 0.2) is 0 Å². The molecule has 0 aromatic carbocycles. The van der Waals surface area contributed by atoms with E-state index in [1.54, 1.807) is 11.3 Å². The van der Waals surface area contributed by atoms with Gasteiger partial charge < -0.3 is 9.88 Å². The molecule has 2 rings (SSSR count). The van der Waals surface area contributed by atoms with Crippen LogP contribution in [0.3, 0.4) is 0 Å². The van der Waals surface area contributed by atoms with Crippen molar-refractivity contribution in [2.45, 2.75) is 33.2 Å². The standard InChI is InChI=1S/C13H18BrN3S/c1-3-4-7-15-13-16-10(2)8-17(13)9-11-5-6-12(14)18-11/h5-6,8H,3-4,7,9H2,1-2H3,(H,15,16). The molecular weight excluding hydrogens is 310 g/mol. The molecule has 0 amide bonds. The maximum Gasteiger partial charge on any atom is 0.203 e. The Bertz CT molecular complexity index is 504. The molecule has 0 radical (unpaired) electrons. The van der Waals surface area contributed by atoms with E-state index in [4.69, 9.17) is 0 Å². The summed E-state index contributed by atoms with van der Waals surface area (Å²) in [6.07, 6.45) is 4.48. The Labute approximate surface area is 120 Å². The smallest absolute Gasteiger partial charge is 0.203 e. The van der Waals surface area contributed by atoms with Gasteiger partial charge in [-0.2, -0.15) is 0 Å². The highest BCUT2D eigenvalue weighted by Crippen LogP contribution is 2.24. The van der Waals surface area contributed by atoms with Gasteiger partial charge in [-0.25, -0.2) is 4.98 Å². The molecule has 1 N–H and O–H groups in total. The van der Waals surface area contributed by atoms with Crippen LogP contribution in [0.5, 0.6) is 0 Å². The SMILES string of the molecule is CCCCNc1nc(C)cn1Cc1ccc(Br)s1. The van der Waals surface area contributed by atoms with Gasteiger partial charge in [0.05, 0.1) is 16.0 Å². The number of nitrogens with one attached hydrogen (secondary N) is 1. The van der Waals surface area contributed by atoms with Crippen LogP contribution in [0.25, 0.3) is 0 Å². The van der Waals surface area contributed by atoms with E-state index in [2.05, 4.69) is 56.1 Å². The number of anilines is 1. The van der Waals surface area contributed by atoms with Crippen molar-refractivity contribution >= 4 is 33.2 Å². The number of rotatable bonds is 6. The highest BCUT2D eigenvalue weighted by Gasteiger charge is 2.06. The maximum atomic E-state index is 4.53. The molecule has 0 spiro atoms. The minimum Gasteiger partial charge on any atom is -0.356 e. The highest BCUT2D eigenvalue weighted by molar-refractivity contribution is 9.11. The zero-order valence-electron chi connectivity index (χ0n) is 10.7. The van der Waals surface area contributed by atoms with Crippen molar-refractivity contribution in [1.82, 2.24) is 9.55 Å². The third-order valence-electron chi connectivity index (χ3n) is 2.67. The molecule has 0 aliphatic heterocycles. The Morgan fingerprint density at radius 2 is 2.28 bits per heavy atom. The summed E-state index contributed by atoms with van der Waals surface area (Å²) in [5.74, 6) is 0.977. The molecule has 5 heteroatoms. The van der Waals surface area contributed by atoms with Crippen molar-refractivity contribution in [3.8, 4) is 0 Å². The Morgan fingerprint density at radius 3 is 2.94 bits per heavy atom. The molecule has 2 aromatic heterocycles. The predicted octanol–water partition coefficient (Wildman–Crippen LogP) is 4.28. The molecule has 98 valence electrons. The first kappa shape index (κ1) is 13.6. The van der Waals surface area contributed by atoms with Crippen LogP contribution in [0, 0.1) is 6.92 Å². The summed E-state index contributed by atoms with van der Waals surface area (Å²) in [7, 11) is 0. The number of aromatic nitrogens is 2. The lowest BCUT2D eigenvalue weighted by Gasteiger charge is -2.08. The normalized spacial score (nSPS) is 10.8. The Balaban J connectivity index is 2.06. The van der Waals surface area contributed by atoms with Gasteiger partial charge in [0, 0.05) is 17.6 Å². The molecule has 0 saturated heterocycles. The molecule has 0 aliphatic carbocycles. The van der Waals surface area contributed by atoms with E-state index in [0.29, 0.717) is 0 Å². The molecule has 0 unspecified atom stereocenters. The summed E-state index contributed by atoms with van der Waals surface area (Å²) in [5.41, 5.74) is 1.06. The van der Waals surface area contributed by atoms with E-state index >= 15 is 0 Å². The van der Waals surface area contributed by atoms with Crippen LogP contribution in [0.2, 0.25) is 0 Å². The van der Waals surface area contributed by atoms with Gasteiger partial charge in [-0.05, 0) is 41.4 Å². The summed E-state index contributed by atoms with van der Waals surface area (Å²) in [6.45, 7) is 6.10. The maximum absolute atomic E-state index is 4.53. The van der Waals surface area contributed by atoms with Crippen molar-refractivity contribution in [2.75, 3.05) is 11.9 Å². The monoisotopic (exact) mass is 327 g/mol. The van der Waals surface area contributed by atoms with Gasteiger partial charge in [0.25, 0.3) is 0 Å². The molecular formula is C13H18BrN3S. The minimum atomic E-state index is 0.881. The number of hydrogen-bond donors (Lipinski definition) is 1. The van der Waals surface area contributed by atoms with Gasteiger partial charge in [-0.15, -0.1) is 11.3 Å². The highest BCUT2D eigenvalue weighted by atomic mass is 79.9. The topological polar surface area (TPSA) is 29.9 Å². The van der Waals surface area contributed by atoms with Crippen LogP contribution >= 0.6 is 27.3 Å². The number of imidazole rings is 1. The molecule has 0 atom stereocenters. The number of thiophene rings is 1. The Hall–Kier alpha value is -0.810. The third kappa shape index (κ3) is 3.59. The summed E-state index contributed by atoms with van der Waals surface area (Å²) in [5, 5.41) is 3.41. The van der Waals surface area contributed by atoms with E-state index in [1.165, 1.54) is 21.5 Å². The molecule has 0 aliphatic rings. The lowest BCUT2D eigenvalue weighted by Crippen LogP contribution is -2.08. The second-order valence-corrected chi connectivity index (χ2v) is 6.87. The van der Waals surface area contributed by atoms with Crippen molar-refractivity contribution in [3.05, 3.63) is 32.7 Å². The molecule has 2 aromatic rings. The van der Waals surface area contributed by atoms with Crippen molar-refractivity contribution in [2.24, 2.45) is 0 Å². The van der Waals surface area contributed by atoms with Gasteiger partial charge >= 0.3 is 0 Å². The predicted molar refractivity (Wildman–Crippen MR) is 81.5 cm³/mol. The first-order valence-electron chi connectivity index (χ1n) is 6.21. The number of unbranched alkanes of at least 4 members (excludes halogenated alkanes) is 1. The Kier molecular flexibility index (Phi) is 4.83. The molecule has 0 fully saturated rings. The van der Waals surface area contributed by atoms with Gasteiger partial charge in [-0.1, -0.05) is 13.3 Å². The van der Waals surface area contributed by atoms with E-state index in [9.17, 15) is 0 Å². The zero-order chi connectivity index (χ0) is 13.0. The fourth-order valence-electron chi connectivity index (χ4n) is 1.79. The van der Waals surface area contributed by atoms with Crippen LogP contribution in [0.15, 0.2) is 22.1 Å². The van der Waals surface area contributed by atoms with E-state index in [-0.39, 0.29) is 0 Å². The first-order valence-corrected chi connectivity index (χ1v) is 7.82. The second-order valence-electron chi connectivity index (χ2n) is 4.32. The first-order chi connectivity index (χ1) is 8.69. The number of halogens is 1. The van der Waals surface area contributed by atoms with Crippen LogP contribution in [-0.4, -0.2) is 16.1 Å². The number of aryl methyl sites for hydroxylation is 1. The fourth-order valence-corrected chi connectivity index (χ4v) is 3.27. The summed E-state index contributed by atoms with van der Waals surface area (Å²) >= 11 is 5.27. The van der Waals surface area contributed by atoms with Crippen LogP contribution in [0.4, 0.5) is 5.95 Å². The Morgan fingerprint density at radius 1 is 1.44 bits per heavy atom. The average Bonchev–Trinajstić information content (AvgIpc) is 2.87. The van der Waals surface area contributed by atoms with Crippen molar-refractivity contribution in [3.63, 3.8) is 0 Å². The van der Waals surface area contributed by atoms with Gasteiger partial charge in [-0.3, -0.25) is 0 Å². The van der Waals surface area contributed by atoms with Crippen LogP contribution in [-0.2, 0) is 6.54 Å². The lowest BCUT2D eigenvalue weighted by atomic mass is 10.3. The number of nitrogens with zero attached hydrogens (tertiary/aromatic N) is 2. The second kappa shape index (κ2) is 6.38. The van der Waals surface area contributed by atoms with E-state index < -0.39 is 0 Å². The molecule has 18 heavy (non-hydrogen) atoms. The molecule has 3 nitrogen and oxygen atoms in total. The van der Waals surface area contributed by atoms with E-state index in [1.807, 2.05) is 6.92 Å². The summed E-state index contributed by atoms with van der Waals surface area (Å²) < 4.78 is 3.36. The summed E-state index contributed by atoms with van der Waals surface area (Å²) in [6, 6.07) is 4.24. The van der Waals surface area contributed by atoms with Crippen molar-refractivity contribution in [1.29, 1.82) is 0 Å². The van der Waals surface area contributed by atoms with Gasteiger partial charge in [0.1, 0.15) is 0 Å².